The molecule has 0 aliphatic heterocycles. The maximum atomic E-state index is 12.6. The first-order valence-corrected chi connectivity index (χ1v) is 24.4. The van der Waals surface area contributed by atoms with E-state index in [9.17, 15) is 19.0 Å². The lowest BCUT2D eigenvalue weighted by molar-refractivity contribution is -0.161. The van der Waals surface area contributed by atoms with Gasteiger partial charge < -0.3 is 14.4 Å². The van der Waals surface area contributed by atoms with Crippen molar-refractivity contribution >= 4 is 19.8 Å². The summed E-state index contributed by atoms with van der Waals surface area (Å²) in [5.74, 6) is -0.815. The van der Waals surface area contributed by atoms with Gasteiger partial charge in [0.05, 0.1) is 13.2 Å². The van der Waals surface area contributed by atoms with Crippen molar-refractivity contribution in [3.8, 4) is 0 Å². The third-order valence-corrected chi connectivity index (χ3v) is 10.7. The molecular formula is C47H85O8P. The minimum Gasteiger partial charge on any atom is -0.462 e. The summed E-state index contributed by atoms with van der Waals surface area (Å²) in [6.07, 6.45) is 50.1. The van der Waals surface area contributed by atoms with Crippen molar-refractivity contribution in [2.45, 2.75) is 219 Å². The van der Waals surface area contributed by atoms with E-state index in [0.29, 0.717) is 6.42 Å². The van der Waals surface area contributed by atoms with E-state index in [4.69, 9.17) is 18.5 Å². The zero-order valence-electron chi connectivity index (χ0n) is 36.3. The van der Waals surface area contributed by atoms with Crippen molar-refractivity contribution in [1.82, 2.24) is 0 Å². The standard InChI is InChI=1S/C47H85O8P/c1-4-7-9-11-13-15-17-19-21-23-24-26-28-30-32-34-36-38-40-42-47(49)55-45(44-54-56(50,51)53-6-3)43-52-46(48)41-39-37-35-33-31-29-27-25-22-20-18-16-14-12-10-8-5-2/h13,15,19-22,24,26,45H,4-12,14,16-18,23,25,27-44H2,1-3H3,(H,50,51)/b15-13-,21-19-,22-20-,26-24-. The molecule has 0 fully saturated rings. The van der Waals surface area contributed by atoms with E-state index in [1.165, 1.54) is 103 Å². The van der Waals surface area contributed by atoms with Gasteiger partial charge in [0.1, 0.15) is 6.61 Å². The van der Waals surface area contributed by atoms with E-state index in [-0.39, 0.29) is 32.0 Å². The first-order chi connectivity index (χ1) is 27.3. The van der Waals surface area contributed by atoms with Crippen LogP contribution in [0.1, 0.15) is 213 Å². The molecule has 0 saturated heterocycles. The summed E-state index contributed by atoms with van der Waals surface area (Å²) in [7, 11) is -4.29. The van der Waals surface area contributed by atoms with Crippen LogP contribution in [0.3, 0.4) is 0 Å². The number of allylic oxidation sites excluding steroid dienone is 8. The van der Waals surface area contributed by atoms with Gasteiger partial charge in [-0.05, 0) is 84.0 Å². The van der Waals surface area contributed by atoms with Gasteiger partial charge in [-0.15, -0.1) is 0 Å². The number of phosphoric acid groups is 1. The number of unbranched alkanes of at least 4 members (excludes halogenated alkanes) is 22. The van der Waals surface area contributed by atoms with E-state index in [2.05, 4.69) is 62.5 Å². The molecule has 0 amide bonds. The van der Waals surface area contributed by atoms with E-state index < -0.39 is 26.5 Å². The highest BCUT2D eigenvalue weighted by Crippen LogP contribution is 2.43. The lowest BCUT2D eigenvalue weighted by Gasteiger charge is -2.19. The van der Waals surface area contributed by atoms with Crippen LogP contribution >= 0.6 is 7.82 Å². The Kier molecular flexibility index (Phi) is 41.1. The fourth-order valence-corrected chi connectivity index (χ4v) is 6.97. The van der Waals surface area contributed by atoms with Crippen molar-refractivity contribution < 1.29 is 37.6 Å². The quantitative estimate of drug-likeness (QED) is 0.0281. The lowest BCUT2D eigenvalue weighted by Crippen LogP contribution is -2.29. The molecule has 1 N–H and O–H groups in total. The minimum absolute atomic E-state index is 0.00418. The van der Waals surface area contributed by atoms with E-state index >= 15 is 0 Å². The Morgan fingerprint density at radius 3 is 1.34 bits per heavy atom. The second kappa shape index (κ2) is 42.6. The third-order valence-electron chi connectivity index (χ3n) is 9.61. The number of esters is 2. The summed E-state index contributed by atoms with van der Waals surface area (Å²) in [4.78, 5) is 34.8. The van der Waals surface area contributed by atoms with Crippen molar-refractivity contribution in [2.24, 2.45) is 0 Å². The molecule has 2 atom stereocenters. The van der Waals surface area contributed by atoms with E-state index in [1.807, 2.05) is 0 Å². The average Bonchev–Trinajstić information content (AvgIpc) is 3.18. The predicted molar refractivity (Wildman–Crippen MR) is 235 cm³/mol. The van der Waals surface area contributed by atoms with Crippen LogP contribution in [-0.2, 0) is 32.7 Å². The molecule has 0 radical (unpaired) electrons. The SMILES string of the molecule is CCCCC/C=C\C/C=C\C/C=C\CCCCCCCCC(=O)OC(COC(=O)CCCCCCCCC/C=C\CCCCCCCC)COP(=O)(O)OCC. The number of carbonyl (C=O) groups is 2. The van der Waals surface area contributed by atoms with E-state index in [0.717, 1.165) is 70.6 Å². The summed E-state index contributed by atoms with van der Waals surface area (Å²) in [5, 5.41) is 0. The number of rotatable bonds is 42. The molecular weight excluding hydrogens is 723 g/mol. The zero-order chi connectivity index (χ0) is 41.1. The molecule has 2 unspecified atom stereocenters. The molecule has 0 saturated carbocycles. The van der Waals surface area contributed by atoms with Crippen molar-refractivity contribution in [3.63, 3.8) is 0 Å². The summed E-state index contributed by atoms with van der Waals surface area (Å²) < 4.78 is 32.7. The second-order valence-corrected chi connectivity index (χ2v) is 16.5. The van der Waals surface area contributed by atoms with Crippen LogP contribution in [0.5, 0.6) is 0 Å². The number of carbonyl (C=O) groups excluding carboxylic acids is 2. The molecule has 0 aromatic rings. The molecule has 0 rings (SSSR count). The molecule has 0 aromatic carbocycles. The summed E-state index contributed by atoms with van der Waals surface area (Å²) in [5.41, 5.74) is 0. The summed E-state index contributed by atoms with van der Waals surface area (Å²) >= 11 is 0. The zero-order valence-corrected chi connectivity index (χ0v) is 37.2. The summed E-state index contributed by atoms with van der Waals surface area (Å²) in [6, 6.07) is 0. The smallest absolute Gasteiger partial charge is 0.462 e. The molecule has 0 bridgehead atoms. The van der Waals surface area contributed by atoms with Gasteiger partial charge in [0.25, 0.3) is 0 Å². The van der Waals surface area contributed by atoms with Crippen molar-refractivity contribution in [2.75, 3.05) is 19.8 Å². The molecule has 0 aliphatic carbocycles. The largest absolute Gasteiger partial charge is 0.472 e. The molecule has 0 heterocycles. The maximum absolute atomic E-state index is 12.6. The second-order valence-electron chi connectivity index (χ2n) is 15.1. The first-order valence-electron chi connectivity index (χ1n) is 22.9. The Bertz CT molecular complexity index is 1050. The van der Waals surface area contributed by atoms with Crippen LogP contribution in [-0.4, -0.2) is 42.8 Å². The number of hydrogen-bond donors (Lipinski definition) is 1. The van der Waals surface area contributed by atoms with Crippen LogP contribution in [0.25, 0.3) is 0 Å². The molecule has 0 aromatic heterocycles. The van der Waals surface area contributed by atoms with Gasteiger partial charge >= 0.3 is 19.8 Å². The Morgan fingerprint density at radius 1 is 0.482 bits per heavy atom. The van der Waals surface area contributed by atoms with Crippen LogP contribution < -0.4 is 0 Å². The number of phosphoric ester groups is 1. The predicted octanol–water partition coefficient (Wildman–Crippen LogP) is 14.6. The van der Waals surface area contributed by atoms with Gasteiger partial charge in [-0.1, -0.05) is 165 Å². The normalized spacial score (nSPS) is 13.7. The average molecular weight is 809 g/mol. The molecule has 0 aliphatic rings. The Balaban J connectivity index is 4.09. The van der Waals surface area contributed by atoms with Crippen molar-refractivity contribution in [1.29, 1.82) is 0 Å². The number of hydrogen-bond acceptors (Lipinski definition) is 7. The lowest BCUT2D eigenvalue weighted by atomic mass is 10.1. The van der Waals surface area contributed by atoms with Gasteiger partial charge in [0.15, 0.2) is 6.10 Å². The fourth-order valence-electron chi connectivity index (χ4n) is 6.22. The van der Waals surface area contributed by atoms with Gasteiger partial charge in [-0.3, -0.25) is 18.6 Å². The summed E-state index contributed by atoms with van der Waals surface area (Å²) in [6.45, 7) is 5.44. The highest BCUT2D eigenvalue weighted by atomic mass is 31.2. The van der Waals surface area contributed by atoms with Gasteiger partial charge in [0.2, 0.25) is 0 Å². The Labute approximate surface area is 344 Å². The van der Waals surface area contributed by atoms with Gasteiger partial charge in [-0.25, -0.2) is 4.57 Å². The molecule has 9 heteroatoms. The topological polar surface area (TPSA) is 108 Å². The number of ether oxygens (including phenoxy) is 2. The Hall–Kier alpha value is -1.99. The van der Waals surface area contributed by atoms with Gasteiger partial charge in [-0.2, -0.15) is 0 Å². The van der Waals surface area contributed by atoms with Crippen molar-refractivity contribution in [3.05, 3.63) is 48.6 Å². The Morgan fingerprint density at radius 2 is 0.857 bits per heavy atom. The third kappa shape index (κ3) is 41.6. The molecule has 56 heavy (non-hydrogen) atoms. The highest BCUT2D eigenvalue weighted by Gasteiger charge is 2.25. The highest BCUT2D eigenvalue weighted by molar-refractivity contribution is 7.47. The first kappa shape index (κ1) is 54.0. The van der Waals surface area contributed by atoms with Crippen LogP contribution in [0.2, 0.25) is 0 Å². The maximum Gasteiger partial charge on any atom is 0.472 e. The van der Waals surface area contributed by atoms with Crippen LogP contribution in [0, 0.1) is 0 Å². The molecule has 0 spiro atoms. The molecule has 326 valence electrons. The van der Waals surface area contributed by atoms with Crippen LogP contribution in [0.15, 0.2) is 48.6 Å². The van der Waals surface area contributed by atoms with E-state index in [1.54, 1.807) is 6.92 Å². The fraction of sp³-hybridized carbons (Fsp3) is 0.787. The van der Waals surface area contributed by atoms with Gasteiger partial charge in [0, 0.05) is 12.8 Å². The minimum atomic E-state index is -4.29. The monoisotopic (exact) mass is 809 g/mol. The van der Waals surface area contributed by atoms with Crippen LogP contribution in [0.4, 0.5) is 0 Å². The molecule has 8 nitrogen and oxygen atoms in total.